The fraction of sp³-hybridized carbons (Fsp3) is 0.526. The summed E-state index contributed by atoms with van der Waals surface area (Å²) in [6.07, 6.45) is -2.77. The van der Waals surface area contributed by atoms with Crippen molar-refractivity contribution >= 4 is 28.6 Å². The zero-order valence-corrected chi connectivity index (χ0v) is 15.3. The average molecular weight is 394 g/mol. The molecular weight excluding hydrogens is 376 g/mol. The molecule has 1 aromatic carbocycles. The van der Waals surface area contributed by atoms with Crippen molar-refractivity contribution in [1.82, 2.24) is 9.55 Å². The van der Waals surface area contributed by atoms with Gasteiger partial charge >= 0.3 is 6.18 Å². The molecule has 5 rings (SSSR count). The Morgan fingerprint density at radius 1 is 1.36 bits per heavy atom. The van der Waals surface area contributed by atoms with Gasteiger partial charge in [-0.05, 0) is 37.3 Å². The maximum Gasteiger partial charge on any atom is 0.394 e. The molecule has 1 heterocycles. The molecule has 1 N–H and O–H groups in total. The Bertz CT molecular complexity index is 1010. The van der Waals surface area contributed by atoms with Crippen LogP contribution in [0.3, 0.4) is 0 Å². The van der Waals surface area contributed by atoms with E-state index in [0.717, 1.165) is 39.2 Å². The topological polar surface area (TPSA) is 51.3 Å². The highest BCUT2D eigenvalue weighted by atomic mass is 19.4. The Morgan fingerprint density at radius 3 is 2.50 bits per heavy atom. The van der Waals surface area contributed by atoms with E-state index in [1.54, 1.807) is 4.57 Å². The third-order valence-corrected chi connectivity index (χ3v) is 5.93. The molecule has 148 valence electrons. The maximum atomic E-state index is 14.4. The number of nitrogens with zero attached hydrogens (tertiary/aromatic N) is 3. The van der Waals surface area contributed by atoms with Crippen LogP contribution in [-0.4, -0.2) is 21.6 Å². The summed E-state index contributed by atoms with van der Waals surface area (Å²) in [6.45, 7) is 9.05. The predicted octanol–water partition coefficient (Wildman–Crippen LogP) is 5.15. The molecule has 1 amide bonds. The lowest BCUT2D eigenvalue weighted by molar-refractivity contribution is -0.213. The summed E-state index contributed by atoms with van der Waals surface area (Å²) >= 11 is 0. The molecule has 0 atom stereocenters. The van der Waals surface area contributed by atoms with Crippen molar-refractivity contribution in [2.75, 3.05) is 5.32 Å². The molecule has 0 radical (unpaired) electrons. The highest BCUT2D eigenvalue weighted by Gasteiger charge is 2.59. The van der Waals surface area contributed by atoms with Crippen LogP contribution in [0.4, 0.5) is 29.2 Å². The number of hydrogen-bond donors (Lipinski definition) is 1. The van der Waals surface area contributed by atoms with Crippen LogP contribution in [0.1, 0.15) is 39.5 Å². The minimum Gasteiger partial charge on any atom is -0.305 e. The second-order valence-corrected chi connectivity index (χ2v) is 8.49. The van der Waals surface area contributed by atoms with E-state index < -0.39 is 29.7 Å². The standard InChI is InChI=1S/C19H18F4N4O/c1-17(2,19(21,22)23)9-14(28)25-16-26-15-12(20)4-11(24-3)5-13(15)27(16)18-6-10(7-18)8-18/h4-5,10H,6-9H2,1-2H3,(H,25,26,28). The molecule has 0 aliphatic heterocycles. The molecule has 0 unspecified atom stereocenters. The number of fused-ring (bicyclic) bond motifs is 1. The lowest BCUT2D eigenvalue weighted by Gasteiger charge is -2.62. The Balaban J connectivity index is 1.73. The van der Waals surface area contributed by atoms with E-state index in [2.05, 4.69) is 15.1 Å². The molecule has 3 fully saturated rings. The number of aromatic nitrogens is 2. The number of anilines is 1. The summed E-state index contributed by atoms with van der Waals surface area (Å²) in [7, 11) is 0. The van der Waals surface area contributed by atoms with Crippen LogP contribution in [-0.2, 0) is 10.3 Å². The van der Waals surface area contributed by atoms with E-state index in [9.17, 15) is 22.4 Å². The first-order valence-corrected chi connectivity index (χ1v) is 8.92. The number of carbonyl (C=O) groups excluding carboxylic acids is 1. The number of alkyl halides is 3. The lowest BCUT2D eigenvalue weighted by atomic mass is 9.49. The highest BCUT2D eigenvalue weighted by molar-refractivity contribution is 5.93. The van der Waals surface area contributed by atoms with E-state index in [0.29, 0.717) is 11.4 Å². The predicted molar refractivity (Wildman–Crippen MR) is 94.4 cm³/mol. The van der Waals surface area contributed by atoms with Gasteiger partial charge in [-0.1, -0.05) is 13.8 Å². The molecule has 1 aromatic heterocycles. The van der Waals surface area contributed by atoms with Crippen LogP contribution < -0.4 is 5.32 Å². The van der Waals surface area contributed by atoms with Gasteiger partial charge in [-0.25, -0.2) is 14.2 Å². The van der Waals surface area contributed by atoms with E-state index in [-0.39, 0.29) is 22.7 Å². The van der Waals surface area contributed by atoms with E-state index in [1.807, 2.05) is 0 Å². The van der Waals surface area contributed by atoms with Crippen LogP contribution in [0.15, 0.2) is 12.1 Å². The first-order valence-electron chi connectivity index (χ1n) is 8.92. The van der Waals surface area contributed by atoms with Gasteiger partial charge in [0.05, 0.1) is 17.5 Å². The molecule has 9 heteroatoms. The summed E-state index contributed by atoms with van der Waals surface area (Å²) in [4.78, 5) is 19.8. The zero-order chi connectivity index (χ0) is 20.5. The number of amides is 1. The number of halogens is 4. The van der Waals surface area contributed by atoms with E-state index >= 15 is 0 Å². The van der Waals surface area contributed by atoms with Crippen LogP contribution >= 0.6 is 0 Å². The molecule has 2 bridgehead atoms. The first-order chi connectivity index (χ1) is 13.0. The van der Waals surface area contributed by atoms with E-state index in [1.165, 1.54) is 6.07 Å². The van der Waals surface area contributed by atoms with Crippen molar-refractivity contribution in [1.29, 1.82) is 0 Å². The van der Waals surface area contributed by atoms with Crippen molar-refractivity contribution in [3.8, 4) is 0 Å². The second-order valence-electron chi connectivity index (χ2n) is 8.49. The number of hydrogen-bond acceptors (Lipinski definition) is 2. The van der Waals surface area contributed by atoms with Gasteiger partial charge in [0.15, 0.2) is 5.69 Å². The van der Waals surface area contributed by atoms with Crippen LogP contribution in [0, 0.1) is 23.7 Å². The minimum absolute atomic E-state index is 0.00232. The normalized spacial score (nSPS) is 23.7. The molecule has 5 nitrogen and oxygen atoms in total. The first kappa shape index (κ1) is 18.7. The van der Waals surface area contributed by atoms with Crippen LogP contribution in [0.25, 0.3) is 15.9 Å². The monoisotopic (exact) mass is 394 g/mol. The molecule has 3 aliphatic carbocycles. The van der Waals surface area contributed by atoms with Gasteiger partial charge in [-0.2, -0.15) is 13.2 Å². The summed E-state index contributed by atoms with van der Waals surface area (Å²) in [5, 5.41) is 2.46. The van der Waals surface area contributed by atoms with Crippen molar-refractivity contribution in [3.63, 3.8) is 0 Å². The van der Waals surface area contributed by atoms with Crippen LogP contribution in [0.5, 0.6) is 0 Å². The van der Waals surface area contributed by atoms with Crippen molar-refractivity contribution < 1.29 is 22.4 Å². The fourth-order valence-corrected chi connectivity index (χ4v) is 4.13. The second kappa shape index (κ2) is 5.69. The number of rotatable bonds is 4. The number of benzene rings is 1. The Hall–Kier alpha value is -2.63. The molecule has 0 spiro atoms. The van der Waals surface area contributed by atoms with Crippen LogP contribution in [0.2, 0.25) is 0 Å². The van der Waals surface area contributed by atoms with E-state index in [4.69, 9.17) is 6.57 Å². The smallest absolute Gasteiger partial charge is 0.305 e. The van der Waals surface area contributed by atoms with Gasteiger partial charge in [0.25, 0.3) is 0 Å². The van der Waals surface area contributed by atoms with Crippen molar-refractivity contribution in [2.45, 2.75) is 51.2 Å². The molecular formula is C19H18F4N4O. The summed E-state index contributed by atoms with van der Waals surface area (Å²) in [5.74, 6) is -0.924. The van der Waals surface area contributed by atoms with Gasteiger partial charge in [0.2, 0.25) is 11.9 Å². The highest BCUT2D eigenvalue weighted by Crippen LogP contribution is 2.64. The SMILES string of the molecule is [C-]#[N+]c1cc(F)c2nc(NC(=O)CC(C)(C)C(F)(F)F)n(C34CC(C3)C4)c2c1. The molecule has 28 heavy (non-hydrogen) atoms. The lowest BCUT2D eigenvalue weighted by Crippen LogP contribution is -2.59. The molecule has 2 aromatic rings. The number of carbonyl (C=O) groups is 1. The van der Waals surface area contributed by atoms with Gasteiger partial charge in [0.1, 0.15) is 11.3 Å². The largest absolute Gasteiger partial charge is 0.394 e. The third-order valence-electron chi connectivity index (χ3n) is 5.93. The molecule has 3 aliphatic rings. The number of nitrogens with one attached hydrogen (secondary N) is 1. The van der Waals surface area contributed by atoms with Crippen molar-refractivity contribution in [3.05, 3.63) is 29.4 Å². The summed E-state index contributed by atoms with van der Waals surface area (Å²) in [6, 6.07) is 2.57. The van der Waals surface area contributed by atoms with Gasteiger partial charge < -0.3 is 4.57 Å². The fourth-order valence-electron chi connectivity index (χ4n) is 4.13. The quantitative estimate of drug-likeness (QED) is 0.576. The number of imidazole rings is 1. The molecule has 0 saturated heterocycles. The Kier molecular flexibility index (Phi) is 3.80. The Morgan fingerprint density at radius 2 is 2.00 bits per heavy atom. The Labute approximate surface area is 158 Å². The minimum atomic E-state index is -4.53. The summed E-state index contributed by atoms with van der Waals surface area (Å²) in [5.41, 5.74) is -2.02. The average Bonchev–Trinajstić information content (AvgIpc) is 2.81. The maximum absolute atomic E-state index is 14.4. The van der Waals surface area contributed by atoms with Gasteiger partial charge in [-0.15, -0.1) is 0 Å². The summed E-state index contributed by atoms with van der Waals surface area (Å²) < 4.78 is 55.4. The third kappa shape index (κ3) is 2.65. The molecule has 3 saturated carbocycles. The zero-order valence-electron chi connectivity index (χ0n) is 15.3. The van der Waals surface area contributed by atoms with Gasteiger partial charge in [-0.3, -0.25) is 10.1 Å². The van der Waals surface area contributed by atoms with Gasteiger partial charge in [0, 0.05) is 12.0 Å². The van der Waals surface area contributed by atoms with Crippen molar-refractivity contribution in [2.24, 2.45) is 11.3 Å².